The molecule has 4 heteroatoms. The Morgan fingerprint density at radius 1 is 1.40 bits per heavy atom. The SMILES string of the molecule is Cc1cc(Cl)c2cc(C(=N)N)ccc2n1. The minimum absolute atomic E-state index is 0.0357. The van der Waals surface area contributed by atoms with Crippen molar-refractivity contribution in [1.29, 1.82) is 5.41 Å². The van der Waals surface area contributed by atoms with Gasteiger partial charge in [-0.25, -0.2) is 0 Å². The molecule has 0 aliphatic rings. The first-order valence-electron chi connectivity index (χ1n) is 4.49. The van der Waals surface area contributed by atoms with Crippen LogP contribution in [0.15, 0.2) is 24.3 Å². The van der Waals surface area contributed by atoms with E-state index in [9.17, 15) is 0 Å². The molecule has 0 atom stereocenters. The molecule has 0 unspecified atom stereocenters. The van der Waals surface area contributed by atoms with Crippen molar-refractivity contribution in [1.82, 2.24) is 4.98 Å². The Hall–Kier alpha value is -1.61. The fourth-order valence-corrected chi connectivity index (χ4v) is 1.79. The first kappa shape index (κ1) is 9.93. The van der Waals surface area contributed by atoms with Crippen LogP contribution in [-0.2, 0) is 0 Å². The van der Waals surface area contributed by atoms with E-state index in [1.807, 2.05) is 13.0 Å². The first-order chi connectivity index (χ1) is 7.08. The highest BCUT2D eigenvalue weighted by Gasteiger charge is 2.04. The molecule has 2 rings (SSSR count). The summed E-state index contributed by atoms with van der Waals surface area (Å²) in [5, 5.41) is 8.81. The van der Waals surface area contributed by atoms with E-state index in [0.29, 0.717) is 10.6 Å². The van der Waals surface area contributed by atoms with Crippen LogP contribution in [0.2, 0.25) is 5.02 Å². The van der Waals surface area contributed by atoms with Crippen LogP contribution in [0.4, 0.5) is 0 Å². The van der Waals surface area contributed by atoms with E-state index in [-0.39, 0.29) is 5.84 Å². The molecule has 0 bridgehead atoms. The number of nitrogens with two attached hydrogens (primary N) is 1. The van der Waals surface area contributed by atoms with Crippen molar-refractivity contribution in [3.8, 4) is 0 Å². The third-order valence-corrected chi connectivity index (χ3v) is 2.51. The van der Waals surface area contributed by atoms with Gasteiger partial charge >= 0.3 is 0 Å². The molecule has 1 heterocycles. The van der Waals surface area contributed by atoms with Gasteiger partial charge in [0.15, 0.2) is 0 Å². The maximum atomic E-state index is 7.34. The van der Waals surface area contributed by atoms with Crippen LogP contribution in [0.5, 0.6) is 0 Å². The van der Waals surface area contributed by atoms with Crippen LogP contribution in [0, 0.1) is 12.3 Å². The molecule has 0 radical (unpaired) electrons. The van der Waals surface area contributed by atoms with E-state index in [1.54, 1.807) is 18.2 Å². The number of halogens is 1. The summed E-state index contributed by atoms with van der Waals surface area (Å²) in [6.07, 6.45) is 0. The van der Waals surface area contributed by atoms with Gasteiger partial charge in [-0.05, 0) is 31.2 Å². The third-order valence-electron chi connectivity index (χ3n) is 2.20. The van der Waals surface area contributed by atoms with Crippen LogP contribution in [0.25, 0.3) is 10.9 Å². The molecule has 3 N–H and O–H groups in total. The molecule has 0 aliphatic heterocycles. The lowest BCUT2D eigenvalue weighted by Crippen LogP contribution is -2.10. The Morgan fingerprint density at radius 3 is 2.80 bits per heavy atom. The van der Waals surface area contributed by atoms with Gasteiger partial charge in [0.05, 0.1) is 10.5 Å². The predicted octanol–water partition coefficient (Wildman–Crippen LogP) is 2.48. The number of nitrogens with one attached hydrogen (secondary N) is 1. The molecule has 15 heavy (non-hydrogen) atoms. The maximum absolute atomic E-state index is 7.34. The third kappa shape index (κ3) is 1.78. The second kappa shape index (κ2) is 3.51. The Morgan fingerprint density at radius 2 is 2.13 bits per heavy atom. The zero-order chi connectivity index (χ0) is 11.0. The molecule has 0 saturated carbocycles. The Balaban J connectivity index is 2.76. The topological polar surface area (TPSA) is 62.8 Å². The van der Waals surface area contributed by atoms with Crippen molar-refractivity contribution < 1.29 is 0 Å². The fourth-order valence-electron chi connectivity index (χ4n) is 1.48. The Kier molecular flexibility index (Phi) is 2.32. The summed E-state index contributed by atoms with van der Waals surface area (Å²) in [7, 11) is 0. The number of pyridine rings is 1. The predicted molar refractivity (Wildman–Crippen MR) is 62.5 cm³/mol. The minimum Gasteiger partial charge on any atom is -0.384 e. The molecule has 0 fully saturated rings. The monoisotopic (exact) mass is 219 g/mol. The quantitative estimate of drug-likeness (QED) is 0.572. The number of aromatic nitrogens is 1. The van der Waals surface area contributed by atoms with E-state index in [2.05, 4.69) is 4.98 Å². The van der Waals surface area contributed by atoms with E-state index < -0.39 is 0 Å². The van der Waals surface area contributed by atoms with Crippen LogP contribution in [0.3, 0.4) is 0 Å². The number of fused-ring (bicyclic) bond motifs is 1. The molecular weight excluding hydrogens is 210 g/mol. The summed E-state index contributed by atoms with van der Waals surface area (Å²) in [6, 6.07) is 7.18. The molecule has 1 aromatic heterocycles. The number of aryl methyl sites for hydroxylation is 1. The highest BCUT2D eigenvalue weighted by molar-refractivity contribution is 6.35. The average molecular weight is 220 g/mol. The van der Waals surface area contributed by atoms with Gasteiger partial charge in [-0.1, -0.05) is 11.6 Å². The van der Waals surface area contributed by atoms with Gasteiger partial charge in [0.1, 0.15) is 5.84 Å². The van der Waals surface area contributed by atoms with Crippen molar-refractivity contribution in [3.05, 3.63) is 40.5 Å². The molecule has 76 valence electrons. The van der Waals surface area contributed by atoms with Crippen LogP contribution >= 0.6 is 11.6 Å². The summed E-state index contributed by atoms with van der Waals surface area (Å²) >= 11 is 6.09. The molecule has 0 aliphatic carbocycles. The zero-order valence-corrected chi connectivity index (χ0v) is 8.97. The lowest BCUT2D eigenvalue weighted by molar-refractivity contribution is 1.25. The smallest absolute Gasteiger partial charge is 0.122 e. The number of hydrogen-bond donors (Lipinski definition) is 2. The van der Waals surface area contributed by atoms with Gasteiger partial charge < -0.3 is 5.73 Å². The van der Waals surface area contributed by atoms with E-state index in [1.165, 1.54) is 0 Å². The van der Waals surface area contributed by atoms with Gasteiger partial charge in [-0.3, -0.25) is 10.4 Å². The van der Waals surface area contributed by atoms with E-state index in [4.69, 9.17) is 22.7 Å². The highest BCUT2D eigenvalue weighted by atomic mass is 35.5. The maximum Gasteiger partial charge on any atom is 0.122 e. The Bertz CT molecular complexity index is 549. The number of benzene rings is 1. The molecule has 0 amide bonds. The number of amidine groups is 1. The van der Waals surface area contributed by atoms with Gasteiger partial charge in [-0.2, -0.15) is 0 Å². The standard InChI is InChI=1S/C11H10ClN3/c1-6-4-9(12)8-5-7(11(13)14)2-3-10(8)15-6/h2-5H,1H3,(H3,13,14). The zero-order valence-electron chi connectivity index (χ0n) is 8.21. The van der Waals surface area contributed by atoms with Crippen molar-refractivity contribution in [2.75, 3.05) is 0 Å². The summed E-state index contributed by atoms with van der Waals surface area (Å²) in [5.41, 5.74) is 7.77. The molecule has 3 nitrogen and oxygen atoms in total. The van der Waals surface area contributed by atoms with Crippen LogP contribution in [-0.4, -0.2) is 10.8 Å². The summed E-state index contributed by atoms with van der Waals surface area (Å²) in [5.74, 6) is 0.0357. The van der Waals surface area contributed by atoms with Crippen molar-refractivity contribution in [2.45, 2.75) is 6.92 Å². The van der Waals surface area contributed by atoms with Gasteiger partial charge in [0.2, 0.25) is 0 Å². The number of nitrogen functional groups attached to an aromatic ring is 1. The van der Waals surface area contributed by atoms with Crippen molar-refractivity contribution in [3.63, 3.8) is 0 Å². The normalized spacial score (nSPS) is 10.5. The number of nitrogens with zero attached hydrogens (tertiary/aromatic N) is 1. The Labute approximate surface area is 92.4 Å². The first-order valence-corrected chi connectivity index (χ1v) is 4.87. The van der Waals surface area contributed by atoms with E-state index in [0.717, 1.165) is 16.6 Å². The molecule has 0 saturated heterocycles. The van der Waals surface area contributed by atoms with Gasteiger partial charge in [0.25, 0.3) is 0 Å². The summed E-state index contributed by atoms with van der Waals surface area (Å²) in [4.78, 5) is 4.34. The molecule has 0 spiro atoms. The summed E-state index contributed by atoms with van der Waals surface area (Å²) < 4.78 is 0. The van der Waals surface area contributed by atoms with Crippen LogP contribution in [0.1, 0.15) is 11.3 Å². The summed E-state index contributed by atoms with van der Waals surface area (Å²) in [6.45, 7) is 1.89. The van der Waals surface area contributed by atoms with Crippen LogP contribution < -0.4 is 5.73 Å². The number of hydrogen-bond acceptors (Lipinski definition) is 2. The largest absolute Gasteiger partial charge is 0.384 e. The second-order valence-electron chi connectivity index (χ2n) is 3.39. The molecule has 2 aromatic rings. The lowest BCUT2D eigenvalue weighted by Gasteiger charge is -2.04. The average Bonchev–Trinajstić information content (AvgIpc) is 2.16. The van der Waals surface area contributed by atoms with Crippen molar-refractivity contribution >= 4 is 28.3 Å². The van der Waals surface area contributed by atoms with Gasteiger partial charge in [-0.15, -0.1) is 0 Å². The minimum atomic E-state index is 0.0357. The fraction of sp³-hybridized carbons (Fsp3) is 0.0909. The lowest BCUT2D eigenvalue weighted by atomic mass is 10.1. The molecule has 1 aromatic carbocycles. The van der Waals surface area contributed by atoms with Crippen molar-refractivity contribution in [2.24, 2.45) is 5.73 Å². The molecular formula is C11H10ClN3. The van der Waals surface area contributed by atoms with Gasteiger partial charge in [0, 0.05) is 16.6 Å². The van der Waals surface area contributed by atoms with E-state index >= 15 is 0 Å². The number of rotatable bonds is 1. The second-order valence-corrected chi connectivity index (χ2v) is 3.80. The highest BCUT2D eigenvalue weighted by Crippen LogP contribution is 2.23.